The van der Waals surface area contributed by atoms with Gasteiger partial charge in [0.25, 0.3) is 0 Å². The van der Waals surface area contributed by atoms with Crippen LogP contribution in [0.2, 0.25) is 0 Å². The monoisotopic (exact) mass is 260 g/mol. The third-order valence-electron chi connectivity index (χ3n) is 2.62. The molecule has 2 aromatic rings. The molecule has 0 unspecified atom stereocenters. The molecule has 1 aromatic heterocycles. The summed E-state index contributed by atoms with van der Waals surface area (Å²) < 4.78 is 52.0. The fourth-order valence-electron chi connectivity index (χ4n) is 1.78. The first kappa shape index (κ1) is 12.4. The third kappa shape index (κ3) is 1.92. The minimum Gasteiger partial charge on any atom is -0.410 e. The lowest BCUT2D eigenvalue weighted by Crippen LogP contribution is -2.26. The molecule has 18 heavy (non-hydrogen) atoms. The Morgan fingerprint density at radius 2 is 1.94 bits per heavy atom. The zero-order valence-electron chi connectivity index (χ0n) is 9.16. The second-order valence-electron chi connectivity index (χ2n) is 3.74. The van der Waals surface area contributed by atoms with Crippen LogP contribution in [0.1, 0.15) is 5.69 Å². The number of benzene rings is 1. The predicted molar refractivity (Wildman–Crippen MR) is 57.3 cm³/mol. The number of nitrogens with zero attached hydrogens (tertiary/aromatic N) is 2. The Hall–Kier alpha value is -2.05. The van der Waals surface area contributed by atoms with Gasteiger partial charge in [-0.05, 0) is 24.3 Å². The van der Waals surface area contributed by atoms with Crippen LogP contribution in [0.15, 0.2) is 29.4 Å². The van der Waals surface area contributed by atoms with E-state index in [0.29, 0.717) is 5.39 Å². The van der Waals surface area contributed by atoms with Gasteiger partial charge in [0.05, 0.1) is 11.2 Å². The molecule has 1 N–H and O–H groups in total. The summed E-state index contributed by atoms with van der Waals surface area (Å²) >= 11 is 0. The first-order valence-corrected chi connectivity index (χ1v) is 4.89. The molecule has 0 spiro atoms. The van der Waals surface area contributed by atoms with E-state index < -0.39 is 17.7 Å². The van der Waals surface area contributed by atoms with Crippen molar-refractivity contribution in [3.63, 3.8) is 0 Å². The summed E-state index contributed by atoms with van der Waals surface area (Å²) in [6, 6.07) is 4.82. The van der Waals surface area contributed by atoms with E-state index in [4.69, 9.17) is 5.21 Å². The minimum absolute atomic E-state index is 0.287. The maximum Gasteiger partial charge on any atom is 0.438 e. The molecule has 0 saturated carbocycles. The molecular formula is C11H8F4N2O. The molecule has 0 bridgehead atoms. The van der Waals surface area contributed by atoms with Crippen LogP contribution in [0, 0.1) is 5.82 Å². The Kier molecular flexibility index (Phi) is 2.76. The normalized spacial score (nSPS) is 13.3. The molecule has 0 aliphatic heterocycles. The van der Waals surface area contributed by atoms with Gasteiger partial charge in [-0.2, -0.15) is 13.2 Å². The highest BCUT2D eigenvalue weighted by molar-refractivity contribution is 6.06. The summed E-state index contributed by atoms with van der Waals surface area (Å²) in [5.41, 5.74) is -1.46. The van der Waals surface area contributed by atoms with E-state index in [9.17, 15) is 17.6 Å². The zero-order valence-corrected chi connectivity index (χ0v) is 9.16. The van der Waals surface area contributed by atoms with Gasteiger partial charge in [0.2, 0.25) is 5.71 Å². The van der Waals surface area contributed by atoms with E-state index in [1.807, 2.05) is 0 Å². The SMILES string of the molecule is Cn1c(/C(=N\O)C(F)(F)F)cc2ccc(F)cc21. The van der Waals surface area contributed by atoms with Crippen LogP contribution in [0.3, 0.4) is 0 Å². The number of hydrogen-bond acceptors (Lipinski definition) is 2. The van der Waals surface area contributed by atoms with Crippen molar-refractivity contribution in [1.29, 1.82) is 0 Å². The summed E-state index contributed by atoms with van der Waals surface area (Å²) in [6.07, 6.45) is -4.78. The van der Waals surface area contributed by atoms with E-state index in [2.05, 4.69) is 5.16 Å². The largest absolute Gasteiger partial charge is 0.438 e. The van der Waals surface area contributed by atoms with E-state index >= 15 is 0 Å². The summed E-state index contributed by atoms with van der Waals surface area (Å²) in [5, 5.41) is 11.2. The van der Waals surface area contributed by atoms with Gasteiger partial charge in [-0.1, -0.05) is 5.16 Å². The molecular weight excluding hydrogens is 252 g/mol. The van der Waals surface area contributed by atoms with Crippen LogP contribution in [-0.2, 0) is 7.05 Å². The molecule has 0 aliphatic carbocycles. The van der Waals surface area contributed by atoms with Crippen molar-refractivity contribution in [1.82, 2.24) is 4.57 Å². The smallest absolute Gasteiger partial charge is 0.410 e. The molecule has 0 saturated heterocycles. The molecule has 1 aromatic carbocycles. The summed E-state index contributed by atoms with van der Waals surface area (Å²) in [7, 11) is 1.34. The maximum absolute atomic E-state index is 13.0. The Labute approximate surface area is 98.9 Å². The van der Waals surface area contributed by atoms with Gasteiger partial charge in [-0.3, -0.25) is 0 Å². The molecule has 1 heterocycles. The van der Waals surface area contributed by atoms with Gasteiger partial charge in [0, 0.05) is 12.4 Å². The molecule has 0 fully saturated rings. The van der Waals surface area contributed by atoms with Crippen molar-refractivity contribution in [2.45, 2.75) is 6.18 Å². The van der Waals surface area contributed by atoms with Crippen LogP contribution in [0.5, 0.6) is 0 Å². The van der Waals surface area contributed by atoms with Crippen molar-refractivity contribution >= 4 is 16.6 Å². The van der Waals surface area contributed by atoms with Gasteiger partial charge < -0.3 is 9.77 Å². The predicted octanol–water partition coefficient (Wildman–Crippen LogP) is 3.06. The lowest BCUT2D eigenvalue weighted by molar-refractivity contribution is -0.0604. The fraction of sp³-hybridized carbons (Fsp3) is 0.182. The minimum atomic E-state index is -4.78. The summed E-state index contributed by atoms with van der Waals surface area (Å²) in [5.74, 6) is -0.551. The highest BCUT2D eigenvalue weighted by Crippen LogP contribution is 2.27. The lowest BCUT2D eigenvalue weighted by Gasteiger charge is -2.09. The Bertz CT molecular complexity index is 628. The second kappa shape index (κ2) is 4.01. The van der Waals surface area contributed by atoms with Crippen molar-refractivity contribution in [2.24, 2.45) is 12.2 Å². The number of hydrogen-bond donors (Lipinski definition) is 1. The topological polar surface area (TPSA) is 37.5 Å². The molecule has 0 atom stereocenters. The van der Waals surface area contributed by atoms with Crippen LogP contribution >= 0.6 is 0 Å². The molecule has 0 aliphatic rings. The Balaban J connectivity index is 2.69. The Morgan fingerprint density at radius 3 is 2.50 bits per heavy atom. The summed E-state index contributed by atoms with van der Waals surface area (Å²) in [4.78, 5) is 0. The first-order chi connectivity index (χ1) is 8.34. The van der Waals surface area contributed by atoms with E-state index in [1.54, 1.807) is 0 Å². The Morgan fingerprint density at radius 1 is 1.28 bits per heavy atom. The van der Waals surface area contributed by atoms with Crippen LogP contribution < -0.4 is 0 Å². The zero-order chi connectivity index (χ0) is 13.5. The number of aromatic nitrogens is 1. The average Bonchev–Trinajstić information content (AvgIpc) is 2.56. The maximum atomic E-state index is 13.0. The molecule has 7 heteroatoms. The quantitative estimate of drug-likeness (QED) is 0.364. The van der Waals surface area contributed by atoms with Crippen molar-refractivity contribution in [2.75, 3.05) is 0 Å². The van der Waals surface area contributed by atoms with Gasteiger partial charge in [-0.15, -0.1) is 0 Å². The highest BCUT2D eigenvalue weighted by atomic mass is 19.4. The number of fused-ring (bicyclic) bond motifs is 1. The van der Waals surface area contributed by atoms with E-state index in [1.165, 1.54) is 19.2 Å². The fourth-order valence-corrected chi connectivity index (χ4v) is 1.78. The van der Waals surface area contributed by atoms with Crippen LogP contribution in [0.25, 0.3) is 10.9 Å². The number of halogens is 4. The molecule has 0 radical (unpaired) electrons. The first-order valence-electron chi connectivity index (χ1n) is 4.89. The third-order valence-corrected chi connectivity index (χ3v) is 2.62. The lowest BCUT2D eigenvalue weighted by atomic mass is 10.2. The average molecular weight is 260 g/mol. The van der Waals surface area contributed by atoms with Crippen molar-refractivity contribution in [3.05, 3.63) is 35.8 Å². The molecule has 96 valence electrons. The molecule has 3 nitrogen and oxygen atoms in total. The van der Waals surface area contributed by atoms with Crippen molar-refractivity contribution < 1.29 is 22.8 Å². The highest BCUT2D eigenvalue weighted by Gasteiger charge is 2.39. The van der Waals surface area contributed by atoms with Crippen LogP contribution in [-0.4, -0.2) is 21.7 Å². The summed E-state index contributed by atoms with van der Waals surface area (Å²) in [6.45, 7) is 0. The van der Waals surface area contributed by atoms with Gasteiger partial charge >= 0.3 is 6.18 Å². The second-order valence-corrected chi connectivity index (χ2v) is 3.74. The number of rotatable bonds is 1. The molecule has 0 amide bonds. The van der Waals surface area contributed by atoms with Crippen LogP contribution in [0.4, 0.5) is 17.6 Å². The van der Waals surface area contributed by atoms with Gasteiger partial charge in [0.15, 0.2) is 0 Å². The number of oxime groups is 1. The number of aryl methyl sites for hydroxylation is 1. The van der Waals surface area contributed by atoms with E-state index in [0.717, 1.165) is 16.7 Å². The van der Waals surface area contributed by atoms with E-state index in [-0.39, 0.29) is 11.2 Å². The number of alkyl halides is 3. The van der Waals surface area contributed by atoms with Gasteiger partial charge in [0.1, 0.15) is 5.82 Å². The molecule has 2 rings (SSSR count). The standard InChI is InChI=1S/C11H8F4N2O/c1-17-8-5-7(12)3-2-6(8)4-9(17)10(16-18)11(13,14)15/h2-5,18H,1H3/b16-10+. The van der Waals surface area contributed by atoms with Crippen molar-refractivity contribution in [3.8, 4) is 0 Å². The van der Waals surface area contributed by atoms with Gasteiger partial charge in [-0.25, -0.2) is 4.39 Å².